The summed E-state index contributed by atoms with van der Waals surface area (Å²) >= 11 is 0. The van der Waals surface area contributed by atoms with Gasteiger partial charge in [0.05, 0.1) is 5.41 Å². The smallest absolute Gasteiger partial charge is 0.0619 e. The molecule has 44 heavy (non-hydrogen) atoms. The minimum Gasteiger partial charge on any atom is -0.0619 e. The van der Waals surface area contributed by atoms with Crippen molar-refractivity contribution in [1.82, 2.24) is 0 Å². The maximum atomic E-state index is 2.51. The summed E-state index contributed by atoms with van der Waals surface area (Å²) in [5, 5.41) is 7.93. The van der Waals surface area contributed by atoms with Crippen LogP contribution in [0.4, 0.5) is 0 Å². The monoisotopic (exact) mass is 556 g/mol. The molecule has 0 unspecified atom stereocenters. The van der Waals surface area contributed by atoms with E-state index in [2.05, 4.69) is 159 Å². The van der Waals surface area contributed by atoms with E-state index in [1.165, 1.54) is 93.5 Å². The first-order valence-corrected chi connectivity index (χ1v) is 15.5. The number of hydrogen-bond donors (Lipinski definition) is 0. The molecule has 0 saturated carbocycles. The molecule has 0 atom stereocenters. The average Bonchev–Trinajstić information content (AvgIpc) is 3.56. The summed E-state index contributed by atoms with van der Waals surface area (Å²) in [5.41, 5.74) is 14.4. The molecular formula is C44H28. The van der Waals surface area contributed by atoms with Gasteiger partial charge < -0.3 is 0 Å². The number of fused-ring (bicyclic) bond motifs is 17. The minimum absolute atomic E-state index is 0.438. The molecule has 0 aliphatic heterocycles. The van der Waals surface area contributed by atoms with E-state index in [0.717, 1.165) is 0 Å². The Bertz CT molecular complexity index is 2450. The number of hydrogen-bond acceptors (Lipinski definition) is 0. The van der Waals surface area contributed by atoms with Crippen LogP contribution < -0.4 is 0 Å². The van der Waals surface area contributed by atoms with Crippen LogP contribution in [-0.4, -0.2) is 0 Å². The molecule has 10 rings (SSSR count). The zero-order valence-electron chi connectivity index (χ0n) is 24.4. The molecule has 1 spiro atoms. The van der Waals surface area contributed by atoms with Crippen LogP contribution in [0.5, 0.6) is 0 Å². The topological polar surface area (TPSA) is 0 Å². The van der Waals surface area contributed by atoms with Crippen molar-refractivity contribution in [3.63, 3.8) is 0 Å². The van der Waals surface area contributed by atoms with E-state index >= 15 is 0 Å². The van der Waals surface area contributed by atoms with Crippen LogP contribution in [0.25, 0.3) is 65.7 Å². The molecule has 0 nitrogen and oxygen atoms in total. The predicted molar refractivity (Wildman–Crippen MR) is 185 cm³/mol. The summed E-state index contributed by atoms with van der Waals surface area (Å²) in [6.07, 6.45) is 0. The van der Waals surface area contributed by atoms with Crippen molar-refractivity contribution >= 4 is 32.3 Å². The van der Waals surface area contributed by atoms with E-state index in [-0.39, 0.29) is 0 Å². The van der Waals surface area contributed by atoms with Gasteiger partial charge in [0, 0.05) is 0 Å². The molecule has 0 saturated heterocycles. The highest BCUT2D eigenvalue weighted by molar-refractivity contribution is 6.22. The lowest BCUT2D eigenvalue weighted by Crippen LogP contribution is -2.26. The molecule has 204 valence electrons. The van der Waals surface area contributed by atoms with E-state index in [1.807, 2.05) is 0 Å². The SMILES string of the molecule is Cc1ccc(-c2cc3c(c4ccccc24)C2(c4ccccc4-c4ccccc42)c2c-3c3ccccc3c3ccccc23)cc1. The van der Waals surface area contributed by atoms with Gasteiger partial charge in [-0.05, 0) is 101 Å². The van der Waals surface area contributed by atoms with Crippen molar-refractivity contribution in [1.29, 1.82) is 0 Å². The van der Waals surface area contributed by atoms with Crippen molar-refractivity contribution in [3.05, 3.63) is 179 Å². The second-order valence-corrected chi connectivity index (χ2v) is 12.4. The maximum Gasteiger partial charge on any atom is 0.0737 e. The highest BCUT2D eigenvalue weighted by atomic mass is 14.5. The van der Waals surface area contributed by atoms with Gasteiger partial charge in [-0.3, -0.25) is 0 Å². The third kappa shape index (κ3) is 2.84. The predicted octanol–water partition coefficient (Wildman–Crippen LogP) is 11.5. The molecule has 0 bridgehead atoms. The molecule has 2 aliphatic carbocycles. The third-order valence-electron chi connectivity index (χ3n) is 10.3. The van der Waals surface area contributed by atoms with Crippen LogP contribution in [0, 0.1) is 6.92 Å². The first kappa shape index (κ1) is 24.0. The van der Waals surface area contributed by atoms with Crippen LogP contribution in [0.3, 0.4) is 0 Å². The Hall–Kier alpha value is -5.46. The fourth-order valence-corrected chi connectivity index (χ4v) is 8.66. The first-order valence-electron chi connectivity index (χ1n) is 15.5. The molecule has 2 aliphatic rings. The van der Waals surface area contributed by atoms with Crippen LogP contribution in [-0.2, 0) is 5.41 Å². The Morgan fingerprint density at radius 1 is 0.364 bits per heavy atom. The van der Waals surface area contributed by atoms with Gasteiger partial charge in [0.25, 0.3) is 0 Å². The van der Waals surface area contributed by atoms with Crippen molar-refractivity contribution < 1.29 is 0 Å². The highest BCUT2D eigenvalue weighted by Gasteiger charge is 2.53. The molecule has 0 aromatic heterocycles. The zero-order chi connectivity index (χ0) is 29.0. The van der Waals surface area contributed by atoms with Crippen molar-refractivity contribution in [2.75, 3.05) is 0 Å². The molecule has 0 heterocycles. The summed E-state index contributed by atoms with van der Waals surface area (Å²) < 4.78 is 0. The van der Waals surface area contributed by atoms with E-state index < -0.39 is 5.41 Å². The van der Waals surface area contributed by atoms with Crippen LogP contribution in [0.1, 0.15) is 27.8 Å². The molecule has 0 N–H and O–H groups in total. The van der Waals surface area contributed by atoms with E-state index in [9.17, 15) is 0 Å². The highest BCUT2D eigenvalue weighted by Crippen LogP contribution is 2.67. The quantitative estimate of drug-likeness (QED) is 0.176. The van der Waals surface area contributed by atoms with Crippen LogP contribution >= 0.6 is 0 Å². The number of benzene rings is 8. The number of aryl methyl sites for hydroxylation is 1. The van der Waals surface area contributed by atoms with Gasteiger partial charge in [0.2, 0.25) is 0 Å². The largest absolute Gasteiger partial charge is 0.0737 e. The Balaban J connectivity index is 1.52. The van der Waals surface area contributed by atoms with Gasteiger partial charge in [-0.1, -0.05) is 151 Å². The van der Waals surface area contributed by atoms with Crippen LogP contribution in [0.15, 0.2) is 152 Å². The number of rotatable bonds is 1. The van der Waals surface area contributed by atoms with Crippen molar-refractivity contribution in [2.45, 2.75) is 12.3 Å². The van der Waals surface area contributed by atoms with Gasteiger partial charge in [-0.25, -0.2) is 0 Å². The minimum atomic E-state index is -0.438. The fraction of sp³-hybridized carbons (Fsp3) is 0.0455. The molecule has 0 heteroatoms. The molecule has 0 fully saturated rings. The Morgan fingerprint density at radius 3 is 1.48 bits per heavy atom. The second-order valence-electron chi connectivity index (χ2n) is 12.4. The standard InChI is InChI=1S/C44H28/c1-27-22-24-28(25-23-27)37-26-38-41-34-17-5-2-12-29(34)30-13-3-7-19-36(30)43(41)44(42(38)35-18-6-4-14-31(35)37)39-20-10-8-15-32(39)33-16-9-11-21-40(33)44/h2-26H,1H3. The van der Waals surface area contributed by atoms with E-state index in [1.54, 1.807) is 0 Å². The molecule has 8 aromatic rings. The third-order valence-corrected chi connectivity index (χ3v) is 10.3. The summed E-state index contributed by atoms with van der Waals surface area (Å²) in [7, 11) is 0. The maximum absolute atomic E-state index is 2.51. The van der Waals surface area contributed by atoms with Gasteiger partial charge in [-0.15, -0.1) is 0 Å². The van der Waals surface area contributed by atoms with E-state index in [0.29, 0.717) is 0 Å². The summed E-state index contributed by atoms with van der Waals surface area (Å²) in [5.74, 6) is 0. The molecule has 0 amide bonds. The lowest BCUT2D eigenvalue weighted by atomic mass is 9.68. The normalized spacial score (nSPS) is 13.8. The summed E-state index contributed by atoms with van der Waals surface area (Å²) in [6.45, 7) is 2.16. The van der Waals surface area contributed by atoms with Gasteiger partial charge >= 0.3 is 0 Å². The van der Waals surface area contributed by atoms with Crippen LogP contribution in [0.2, 0.25) is 0 Å². The first-order chi connectivity index (χ1) is 21.8. The molecule has 0 radical (unpaired) electrons. The summed E-state index contributed by atoms with van der Waals surface area (Å²) in [6, 6.07) is 57.1. The second kappa shape index (κ2) is 8.56. The summed E-state index contributed by atoms with van der Waals surface area (Å²) in [4.78, 5) is 0. The zero-order valence-corrected chi connectivity index (χ0v) is 24.4. The Kier molecular flexibility index (Phi) is 4.67. The Morgan fingerprint density at radius 2 is 0.841 bits per heavy atom. The molecule has 8 aromatic carbocycles. The molecular weight excluding hydrogens is 528 g/mol. The Labute approximate surface area is 256 Å². The lowest BCUT2D eigenvalue weighted by molar-refractivity contribution is 0.809. The van der Waals surface area contributed by atoms with Gasteiger partial charge in [0.15, 0.2) is 0 Å². The lowest BCUT2D eigenvalue weighted by Gasteiger charge is -2.33. The fourth-order valence-electron chi connectivity index (χ4n) is 8.66. The van der Waals surface area contributed by atoms with Gasteiger partial charge in [-0.2, -0.15) is 0 Å². The van der Waals surface area contributed by atoms with Crippen molar-refractivity contribution in [2.24, 2.45) is 0 Å². The van der Waals surface area contributed by atoms with Gasteiger partial charge in [0.1, 0.15) is 0 Å². The van der Waals surface area contributed by atoms with Crippen molar-refractivity contribution in [3.8, 4) is 33.4 Å². The average molecular weight is 557 g/mol. The van der Waals surface area contributed by atoms with E-state index in [4.69, 9.17) is 0 Å².